The molecule has 2 aliphatic carbocycles. The molecule has 0 saturated carbocycles. The van der Waals surface area contributed by atoms with Crippen molar-refractivity contribution >= 4 is 18.1 Å². The average molecular weight is 320 g/mol. The van der Waals surface area contributed by atoms with E-state index in [0.29, 0.717) is 23.2 Å². The Balaban J connectivity index is 1.63. The molecule has 0 saturated heterocycles. The minimum absolute atomic E-state index is 0.342. The normalized spacial score (nSPS) is 23.2. The smallest absolute Gasteiger partial charge is 0.166 e. The molecule has 0 radical (unpaired) electrons. The van der Waals surface area contributed by atoms with Crippen LogP contribution in [0.25, 0.3) is 5.57 Å². The van der Waals surface area contributed by atoms with Crippen LogP contribution in [0.1, 0.15) is 64.0 Å². The number of rotatable bonds is 4. The first kappa shape index (κ1) is 14.9. The molecule has 0 unspecified atom stereocenters. The van der Waals surface area contributed by atoms with E-state index in [4.69, 9.17) is 0 Å². The van der Waals surface area contributed by atoms with E-state index in [2.05, 4.69) is 22.1 Å². The maximum atomic E-state index is 10.9. The number of aromatic nitrogens is 2. The predicted octanol–water partition coefficient (Wildman–Crippen LogP) is 4.27. The molecule has 0 aromatic carbocycles. The summed E-state index contributed by atoms with van der Waals surface area (Å²) in [6, 6.07) is 7.67. The largest absolute Gasteiger partial charge is 0.356 e. The van der Waals surface area contributed by atoms with Crippen LogP contribution in [-0.2, 0) is 0 Å². The first-order valence-electron chi connectivity index (χ1n) is 8.48. The van der Waals surface area contributed by atoms with Crippen LogP contribution in [0.15, 0.2) is 42.0 Å². The van der Waals surface area contributed by atoms with Gasteiger partial charge in [-0.3, -0.25) is 9.59 Å². The number of fused-ring (bicyclic) bond motifs is 1. The van der Waals surface area contributed by atoms with Gasteiger partial charge in [0.1, 0.15) is 0 Å². The lowest BCUT2D eigenvalue weighted by molar-refractivity contribution is 0.111. The van der Waals surface area contributed by atoms with Gasteiger partial charge in [0.15, 0.2) is 12.6 Å². The highest BCUT2D eigenvalue weighted by atomic mass is 16.1. The molecular formula is C20H20N2O2. The fraction of sp³-hybridized carbons (Fsp3) is 0.300. The molecule has 2 atom stereocenters. The van der Waals surface area contributed by atoms with Crippen molar-refractivity contribution in [2.45, 2.75) is 31.6 Å². The van der Waals surface area contributed by atoms with Crippen molar-refractivity contribution < 1.29 is 9.59 Å². The number of hydrogen-bond donors (Lipinski definition) is 2. The Morgan fingerprint density at radius 3 is 2.46 bits per heavy atom. The van der Waals surface area contributed by atoms with Crippen LogP contribution in [-0.4, -0.2) is 22.5 Å². The number of aromatic amines is 2. The third kappa shape index (κ3) is 2.68. The number of allylic oxidation sites excluding steroid dienone is 4. The maximum Gasteiger partial charge on any atom is 0.166 e. The summed E-state index contributed by atoms with van der Waals surface area (Å²) in [5.74, 6) is 0.973. The minimum Gasteiger partial charge on any atom is -0.356 e. The molecule has 2 heterocycles. The number of hydrogen-bond acceptors (Lipinski definition) is 2. The molecule has 2 aromatic heterocycles. The predicted molar refractivity (Wildman–Crippen MR) is 93.1 cm³/mol. The molecule has 2 N–H and O–H groups in total. The highest BCUT2D eigenvalue weighted by molar-refractivity contribution is 5.76. The van der Waals surface area contributed by atoms with E-state index in [1.54, 1.807) is 0 Å². The zero-order chi connectivity index (χ0) is 16.5. The number of aldehydes is 2. The van der Waals surface area contributed by atoms with Gasteiger partial charge in [0, 0.05) is 17.3 Å². The van der Waals surface area contributed by atoms with Gasteiger partial charge in [-0.05, 0) is 67.0 Å². The lowest BCUT2D eigenvalue weighted by Crippen LogP contribution is -2.16. The number of nitrogens with one attached hydrogen (secondary N) is 2. The van der Waals surface area contributed by atoms with E-state index in [-0.39, 0.29) is 0 Å². The van der Waals surface area contributed by atoms with Crippen LogP contribution < -0.4 is 0 Å². The van der Waals surface area contributed by atoms with E-state index in [9.17, 15) is 9.59 Å². The summed E-state index contributed by atoms with van der Waals surface area (Å²) < 4.78 is 0. The summed E-state index contributed by atoms with van der Waals surface area (Å²) in [6.45, 7) is 0. The van der Waals surface area contributed by atoms with Gasteiger partial charge in [0.2, 0.25) is 0 Å². The second-order valence-electron chi connectivity index (χ2n) is 6.69. The zero-order valence-corrected chi connectivity index (χ0v) is 13.4. The summed E-state index contributed by atoms with van der Waals surface area (Å²) in [5, 5.41) is 0. The summed E-state index contributed by atoms with van der Waals surface area (Å²) >= 11 is 0. The van der Waals surface area contributed by atoms with Crippen molar-refractivity contribution in [1.29, 1.82) is 0 Å². The van der Waals surface area contributed by atoms with Crippen molar-refractivity contribution in [3.05, 3.63) is 64.8 Å². The molecule has 0 aliphatic heterocycles. The summed E-state index contributed by atoms with van der Waals surface area (Å²) in [6.07, 6.45) is 10.8. The molecule has 2 aromatic rings. The number of H-pyrrole nitrogens is 2. The quantitative estimate of drug-likeness (QED) is 0.826. The Morgan fingerprint density at radius 2 is 1.71 bits per heavy atom. The number of carbonyl (C=O) groups excluding carboxylic acids is 2. The topological polar surface area (TPSA) is 65.7 Å². The molecule has 0 spiro atoms. The van der Waals surface area contributed by atoms with Gasteiger partial charge < -0.3 is 9.97 Å². The Labute approximate surface area is 140 Å². The minimum atomic E-state index is 0.342. The van der Waals surface area contributed by atoms with E-state index in [0.717, 1.165) is 43.2 Å². The zero-order valence-electron chi connectivity index (χ0n) is 13.4. The SMILES string of the molecule is O=Cc1ccc(C2=CC3=C[C@H](c4ccc(C=O)[nH]4)CC[C@@H]3CC2)[nH]1. The lowest BCUT2D eigenvalue weighted by Gasteiger charge is -2.31. The molecule has 0 fully saturated rings. The van der Waals surface area contributed by atoms with Crippen molar-refractivity contribution in [2.75, 3.05) is 0 Å². The maximum absolute atomic E-state index is 10.9. The summed E-state index contributed by atoms with van der Waals surface area (Å²) in [5.41, 5.74) is 6.08. The van der Waals surface area contributed by atoms with Gasteiger partial charge in [0.05, 0.1) is 11.4 Å². The molecule has 0 amide bonds. The van der Waals surface area contributed by atoms with Gasteiger partial charge in [-0.1, -0.05) is 12.2 Å². The summed E-state index contributed by atoms with van der Waals surface area (Å²) in [7, 11) is 0. The van der Waals surface area contributed by atoms with E-state index in [1.807, 2.05) is 24.3 Å². The van der Waals surface area contributed by atoms with Crippen LogP contribution in [0, 0.1) is 5.92 Å². The van der Waals surface area contributed by atoms with Gasteiger partial charge >= 0.3 is 0 Å². The van der Waals surface area contributed by atoms with Gasteiger partial charge in [0.25, 0.3) is 0 Å². The average Bonchev–Trinajstić information content (AvgIpc) is 3.30. The molecular weight excluding hydrogens is 300 g/mol. The third-order valence-corrected chi connectivity index (χ3v) is 5.23. The molecule has 0 bridgehead atoms. The van der Waals surface area contributed by atoms with E-state index >= 15 is 0 Å². The summed E-state index contributed by atoms with van der Waals surface area (Å²) in [4.78, 5) is 28.1. The molecule has 4 nitrogen and oxygen atoms in total. The van der Waals surface area contributed by atoms with Crippen LogP contribution in [0.4, 0.5) is 0 Å². The lowest BCUT2D eigenvalue weighted by atomic mass is 9.74. The van der Waals surface area contributed by atoms with E-state index in [1.165, 1.54) is 17.6 Å². The first-order chi connectivity index (χ1) is 11.8. The standard InChI is InChI=1S/C20H20N2O2/c23-11-17-5-7-19(21-17)14-3-1-13-2-4-15(10-16(13)9-14)20-8-6-18(12-24)22-20/h5-14,21-22H,1-4H2/t13-,14-/m1/s1. The van der Waals surface area contributed by atoms with Crippen LogP contribution in [0.5, 0.6) is 0 Å². The van der Waals surface area contributed by atoms with Gasteiger partial charge in [-0.25, -0.2) is 0 Å². The van der Waals surface area contributed by atoms with Crippen molar-refractivity contribution in [3.63, 3.8) is 0 Å². The van der Waals surface area contributed by atoms with Crippen LogP contribution in [0.3, 0.4) is 0 Å². The molecule has 24 heavy (non-hydrogen) atoms. The van der Waals surface area contributed by atoms with Crippen molar-refractivity contribution in [2.24, 2.45) is 5.92 Å². The Kier molecular flexibility index (Phi) is 3.81. The molecule has 4 rings (SSSR count). The monoisotopic (exact) mass is 320 g/mol. The fourth-order valence-electron chi connectivity index (χ4n) is 3.92. The van der Waals surface area contributed by atoms with Crippen LogP contribution in [0.2, 0.25) is 0 Å². The highest BCUT2D eigenvalue weighted by Gasteiger charge is 2.27. The third-order valence-electron chi connectivity index (χ3n) is 5.23. The van der Waals surface area contributed by atoms with Gasteiger partial charge in [-0.15, -0.1) is 0 Å². The van der Waals surface area contributed by atoms with Gasteiger partial charge in [-0.2, -0.15) is 0 Å². The second kappa shape index (κ2) is 6.11. The molecule has 122 valence electrons. The Morgan fingerprint density at radius 1 is 0.917 bits per heavy atom. The molecule has 4 heteroatoms. The van der Waals surface area contributed by atoms with Crippen LogP contribution >= 0.6 is 0 Å². The van der Waals surface area contributed by atoms with Crippen molar-refractivity contribution in [3.8, 4) is 0 Å². The highest BCUT2D eigenvalue weighted by Crippen LogP contribution is 2.42. The number of carbonyl (C=O) groups is 2. The van der Waals surface area contributed by atoms with E-state index < -0.39 is 0 Å². The fourth-order valence-corrected chi connectivity index (χ4v) is 3.92. The Bertz CT molecular complexity index is 837. The Hall–Kier alpha value is -2.62. The molecule has 2 aliphatic rings. The van der Waals surface area contributed by atoms with Crippen molar-refractivity contribution in [1.82, 2.24) is 9.97 Å². The second-order valence-corrected chi connectivity index (χ2v) is 6.69. The first-order valence-corrected chi connectivity index (χ1v) is 8.48.